The van der Waals surface area contributed by atoms with E-state index in [0.29, 0.717) is 46.5 Å². The maximum Gasteiger partial charge on any atom is 0.260 e. The fourth-order valence-electron chi connectivity index (χ4n) is 4.47. The van der Waals surface area contributed by atoms with Crippen molar-refractivity contribution in [3.63, 3.8) is 0 Å². The minimum Gasteiger partial charge on any atom is -0.496 e. The lowest BCUT2D eigenvalue weighted by Crippen LogP contribution is -2.27. The van der Waals surface area contributed by atoms with Crippen molar-refractivity contribution in [1.82, 2.24) is 25.3 Å². The van der Waals surface area contributed by atoms with Gasteiger partial charge in [0.15, 0.2) is 5.82 Å². The maximum atomic E-state index is 13.7. The maximum absolute atomic E-state index is 13.7. The van der Waals surface area contributed by atoms with Gasteiger partial charge < -0.3 is 20.8 Å². The fraction of sp³-hybridized carbons (Fsp3) is 0.370. The number of H-pyrrole nitrogens is 1. The first-order valence-electron chi connectivity index (χ1n) is 12.4. The standard InChI is InChI=1S/C27H32ClN7O3/c1-14(2)7-6-8-30-25(36)17-9-18(31-12-17)10-19-21-23(28)33-27(29)34-24(21)35(26(19)37)13-20-16(4)22(38-5)15(3)11-32-20/h9-12,14,31H,6-8,13H2,1-5H3,(H,30,36)(H2,29,33,34)/b19-10-. The molecule has 4 rings (SSSR count). The number of hydrogen-bond acceptors (Lipinski definition) is 7. The number of rotatable bonds is 9. The first-order chi connectivity index (χ1) is 18.1. The van der Waals surface area contributed by atoms with Gasteiger partial charge in [-0.1, -0.05) is 25.4 Å². The summed E-state index contributed by atoms with van der Waals surface area (Å²) in [6.07, 6.45) is 6.90. The molecule has 0 radical (unpaired) electrons. The Balaban J connectivity index is 1.63. The topological polar surface area (TPSA) is 139 Å². The first-order valence-corrected chi connectivity index (χ1v) is 12.8. The van der Waals surface area contributed by atoms with E-state index < -0.39 is 0 Å². The minimum atomic E-state index is -0.336. The van der Waals surface area contributed by atoms with E-state index in [2.05, 4.69) is 39.1 Å². The highest BCUT2D eigenvalue weighted by molar-refractivity contribution is 6.41. The van der Waals surface area contributed by atoms with Crippen LogP contribution < -0.4 is 20.7 Å². The monoisotopic (exact) mass is 537 g/mol. The number of aryl methyl sites for hydroxylation is 1. The number of halogens is 1. The van der Waals surface area contributed by atoms with E-state index in [4.69, 9.17) is 22.1 Å². The molecule has 0 saturated heterocycles. The molecule has 4 heterocycles. The Morgan fingerprint density at radius 2 is 2.08 bits per heavy atom. The van der Waals surface area contributed by atoms with Gasteiger partial charge in [-0.3, -0.25) is 19.5 Å². The predicted molar refractivity (Wildman–Crippen MR) is 148 cm³/mol. The summed E-state index contributed by atoms with van der Waals surface area (Å²) < 4.78 is 5.52. The summed E-state index contributed by atoms with van der Waals surface area (Å²) in [5, 5.41) is 2.99. The fourth-order valence-corrected chi connectivity index (χ4v) is 4.74. The SMILES string of the molecule is COc1c(C)cnc(CN2C(=O)/C(=C\c3cc(C(=O)NCCCC(C)C)c[nH]3)c3c(Cl)nc(N)nc32)c1C. The molecule has 4 N–H and O–H groups in total. The van der Waals surface area contributed by atoms with Crippen LogP contribution in [0.25, 0.3) is 11.6 Å². The van der Waals surface area contributed by atoms with Crippen LogP contribution in [0.3, 0.4) is 0 Å². The van der Waals surface area contributed by atoms with Gasteiger partial charge >= 0.3 is 0 Å². The second-order valence-electron chi connectivity index (χ2n) is 9.70. The van der Waals surface area contributed by atoms with Gasteiger partial charge in [-0.05, 0) is 44.7 Å². The number of hydrogen-bond donors (Lipinski definition) is 3. The third kappa shape index (κ3) is 5.50. The van der Waals surface area contributed by atoms with Gasteiger partial charge in [-0.15, -0.1) is 0 Å². The van der Waals surface area contributed by atoms with Gasteiger partial charge in [0.25, 0.3) is 11.8 Å². The van der Waals surface area contributed by atoms with Crippen molar-refractivity contribution >= 4 is 46.8 Å². The quantitative estimate of drug-likeness (QED) is 0.210. The van der Waals surface area contributed by atoms with Crippen LogP contribution in [0.2, 0.25) is 5.15 Å². The van der Waals surface area contributed by atoms with Crippen LogP contribution in [-0.4, -0.2) is 45.4 Å². The molecule has 0 aliphatic carbocycles. The minimum absolute atomic E-state index is 0.0461. The van der Waals surface area contributed by atoms with Gasteiger partial charge in [0.05, 0.1) is 36.0 Å². The van der Waals surface area contributed by atoms with Crippen molar-refractivity contribution < 1.29 is 14.3 Å². The Kier molecular flexibility index (Phi) is 8.01. The highest BCUT2D eigenvalue weighted by Crippen LogP contribution is 2.41. The molecule has 0 aromatic carbocycles. The smallest absolute Gasteiger partial charge is 0.260 e. The van der Waals surface area contributed by atoms with Crippen molar-refractivity contribution in [2.45, 2.75) is 47.1 Å². The predicted octanol–water partition coefficient (Wildman–Crippen LogP) is 4.31. The van der Waals surface area contributed by atoms with Crippen molar-refractivity contribution in [1.29, 1.82) is 0 Å². The molecule has 0 saturated carbocycles. The molecule has 10 nitrogen and oxygen atoms in total. The second kappa shape index (κ2) is 11.2. The van der Waals surface area contributed by atoms with Crippen LogP contribution in [0.1, 0.15) is 65.1 Å². The summed E-state index contributed by atoms with van der Waals surface area (Å²) in [6.45, 7) is 8.83. The lowest BCUT2D eigenvalue weighted by Gasteiger charge is -2.19. The number of aromatic amines is 1. The van der Waals surface area contributed by atoms with Gasteiger partial charge in [0.2, 0.25) is 5.95 Å². The van der Waals surface area contributed by atoms with Gasteiger partial charge in [-0.25, -0.2) is 4.98 Å². The number of methoxy groups -OCH3 is 1. The lowest BCUT2D eigenvalue weighted by molar-refractivity contribution is -0.113. The van der Waals surface area contributed by atoms with Crippen molar-refractivity contribution in [2.75, 3.05) is 24.3 Å². The second-order valence-corrected chi connectivity index (χ2v) is 10.1. The number of aromatic nitrogens is 4. The Morgan fingerprint density at radius 3 is 2.79 bits per heavy atom. The molecule has 0 fully saturated rings. The molecule has 38 heavy (non-hydrogen) atoms. The zero-order chi connectivity index (χ0) is 27.6. The van der Waals surface area contributed by atoms with E-state index in [0.717, 1.165) is 24.0 Å². The normalized spacial score (nSPS) is 13.9. The average molecular weight is 538 g/mol. The van der Waals surface area contributed by atoms with Crippen LogP contribution in [0.15, 0.2) is 18.5 Å². The van der Waals surface area contributed by atoms with Gasteiger partial charge in [-0.2, -0.15) is 4.98 Å². The van der Waals surface area contributed by atoms with Crippen LogP contribution in [0.4, 0.5) is 11.8 Å². The van der Waals surface area contributed by atoms with Crippen LogP contribution in [0.5, 0.6) is 5.75 Å². The first kappa shape index (κ1) is 27.1. The number of ether oxygens (including phenoxy) is 1. The highest BCUT2D eigenvalue weighted by Gasteiger charge is 2.37. The van der Waals surface area contributed by atoms with E-state index >= 15 is 0 Å². The zero-order valence-corrected chi connectivity index (χ0v) is 22.9. The van der Waals surface area contributed by atoms with E-state index in [9.17, 15) is 9.59 Å². The van der Waals surface area contributed by atoms with E-state index in [1.54, 1.807) is 31.6 Å². The van der Waals surface area contributed by atoms with E-state index in [-0.39, 0.29) is 35.0 Å². The number of nitrogen functional groups attached to an aromatic ring is 1. The summed E-state index contributed by atoms with van der Waals surface area (Å²) in [5.41, 5.74) is 9.93. The number of pyridine rings is 1. The lowest BCUT2D eigenvalue weighted by atomic mass is 10.1. The van der Waals surface area contributed by atoms with Crippen molar-refractivity contribution in [3.05, 3.63) is 57.3 Å². The number of nitrogens with zero attached hydrogens (tertiary/aromatic N) is 4. The van der Waals surface area contributed by atoms with E-state index in [1.165, 1.54) is 4.90 Å². The molecule has 2 amide bonds. The number of anilines is 2. The number of nitrogens with one attached hydrogen (secondary N) is 2. The molecule has 0 spiro atoms. The summed E-state index contributed by atoms with van der Waals surface area (Å²) in [6, 6.07) is 1.68. The zero-order valence-electron chi connectivity index (χ0n) is 22.2. The van der Waals surface area contributed by atoms with Gasteiger partial charge in [0.1, 0.15) is 10.9 Å². The largest absolute Gasteiger partial charge is 0.496 e. The molecule has 0 atom stereocenters. The Morgan fingerprint density at radius 1 is 1.32 bits per heavy atom. The summed E-state index contributed by atoms with van der Waals surface area (Å²) >= 11 is 6.46. The summed E-state index contributed by atoms with van der Waals surface area (Å²) in [4.78, 5) is 43.7. The summed E-state index contributed by atoms with van der Waals surface area (Å²) in [5.74, 6) is 1.03. The Hall–Kier alpha value is -3.92. The average Bonchev–Trinajstić information content (AvgIpc) is 3.42. The number of nitrogens with two attached hydrogens (primary N) is 1. The molecule has 3 aromatic rings. The van der Waals surface area contributed by atoms with Crippen molar-refractivity contribution in [3.8, 4) is 5.75 Å². The molecule has 11 heteroatoms. The molecular weight excluding hydrogens is 506 g/mol. The molecule has 1 aliphatic rings. The molecule has 1 aliphatic heterocycles. The number of carbonyl (C=O) groups is 2. The molecule has 0 bridgehead atoms. The molecule has 3 aromatic heterocycles. The third-order valence-corrected chi connectivity index (χ3v) is 6.71. The molecule has 200 valence electrons. The Bertz CT molecular complexity index is 1410. The molecular formula is C27H32ClN7O3. The molecule has 0 unspecified atom stereocenters. The number of fused-ring (bicyclic) bond motifs is 1. The van der Waals surface area contributed by atoms with Gasteiger partial charge in [0, 0.05) is 35.8 Å². The number of carbonyl (C=O) groups excluding carboxylic acids is 2. The van der Waals surface area contributed by atoms with Crippen LogP contribution in [-0.2, 0) is 11.3 Å². The highest BCUT2D eigenvalue weighted by atomic mass is 35.5. The third-order valence-electron chi connectivity index (χ3n) is 6.43. The van der Waals surface area contributed by atoms with Crippen molar-refractivity contribution in [2.24, 2.45) is 5.92 Å². The summed E-state index contributed by atoms with van der Waals surface area (Å²) in [7, 11) is 1.60. The van der Waals surface area contributed by atoms with E-state index in [1.807, 2.05) is 13.8 Å². The van der Waals surface area contributed by atoms with Crippen LogP contribution >= 0.6 is 11.6 Å². The van der Waals surface area contributed by atoms with Crippen LogP contribution in [0, 0.1) is 19.8 Å². The Labute approximate surface area is 226 Å². The number of amides is 2.